The molecule has 30 heteroatoms. The number of aromatic carboxylic acids is 1. The van der Waals surface area contributed by atoms with Gasteiger partial charge in [0.15, 0.2) is 17.3 Å². The molecule has 0 atom stereocenters. The second-order valence-corrected chi connectivity index (χ2v) is 28.1. The van der Waals surface area contributed by atoms with E-state index in [1.165, 1.54) is 55.9 Å². The number of aliphatic carboxylic acids is 2. The van der Waals surface area contributed by atoms with Crippen LogP contribution in [-0.2, 0) is 58.9 Å². The van der Waals surface area contributed by atoms with E-state index in [-0.39, 0.29) is 89.1 Å². The number of thiocarbonyl (C=S) groups is 2. The van der Waals surface area contributed by atoms with E-state index in [0.29, 0.717) is 95.5 Å². The molecule has 1 saturated heterocycles. The molecule has 594 valence electrons. The van der Waals surface area contributed by atoms with Gasteiger partial charge in [0.25, 0.3) is 11.8 Å². The first kappa shape index (κ1) is 92.9. The highest BCUT2D eigenvalue weighted by Crippen LogP contribution is 2.36. The number of carbonyl (C=O) groups excluding carboxylic acids is 6. The summed E-state index contributed by atoms with van der Waals surface area (Å²) >= 11 is 13.0. The van der Waals surface area contributed by atoms with Crippen LogP contribution in [0.5, 0.6) is 0 Å². The summed E-state index contributed by atoms with van der Waals surface area (Å²) in [6.07, 6.45) is -2.37. The summed E-state index contributed by atoms with van der Waals surface area (Å²) in [7, 11) is 2.62. The van der Waals surface area contributed by atoms with Crippen LogP contribution < -0.4 is 38.3 Å². The van der Waals surface area contributed by atoms with Crippen LogP contribution >= 0.6 is 74.4 Å². The molecule has 114 heavy (non-hydrogen) atoms. The molecule has 1 aliphatic rings. The number of halogens is 5. The van der Waals surface area contributed by atoms with Crippen molar-refractivity contribution >= 4 is 176 Å². The van der Waals surface area contributed by atoms with Gasteiger partial charge < -0.3 is 53.0 Å². The summed E-state index contributed by atoms with van der Waals surface area (Å²) in [5, 5.41) is 32.3. The number of hydrazine groups is 1. The predicted octanol–water partition coefficient (Wildman–Crippen LogP) is 17.9. The van der Waals surface area contributed by atoms with Crippen molar-refractivity contribution in [3.05, 3.63) is 314 Å². The Morgan fingerprint density at radius 3 is 1.22 bits per heavy atom. The predicted molar refractivity (Wildman–Crippen MR) is 455 cm³/mol. The number of alkyl halides is 3. The number of para-hydroxylation sites is 6. The molecule has 0 bridgehead atoms. The smallest absolute Gasteiger partial charge is 0.416 e. The maximum Gasteiger partial charge on any atom is 0.416 e. The number of unbranched alkanes of at least 4 members (excludes halogenated alkanes) is 1. The number of nitrogens with zero attached hydrogens (tertiary/aromatic N) is 2. The molecule has 12 N–H and O–H groups in total. The fraction of sp³-hybridized carbons (Fsp3) is 0.155. The minimum atomic E-state index is -4.44. The van der Waals surface area contributed by atoms with E-state index < -0.39 is 41.5 Å². The summed E-state index contributed by atoms with van der Waals surface area (Å²) < 4.78 is 49.7. The van der Waals surface area contributed by atoms with Crippen molar-refractivity contribution in [1.29, 1.82) is 0 Å². The maximum atomic E-state index is 12.9. The molecule has 10 aromatic rings. The third-order valence-electron chi connectivity index (χ3n) is 15.9. The van der Waals surface area contributed by atoms with Crippen LogP contribution in [0.3, 0.4) is 0 Å². The normalized spacial score (nSPS) is 11.2. The van der Waals surface area contributed by atoms with Crippen LogP contribution in [0.15, 0.2) is 253 Å². The number of benzene rings is 10. The molecule has 21 nitrogen and oxygen atoms in total. The molecule has 11 rings (SSSR count). The maximum absolute atomic E-state index is 12.9. The van der Waals surface area contributed by atoms with Gasteiger partial charge in [-0.3, -0.25) is 38.4 Å². The van der Waals surface area contributed by atoms with Crippen molar-refractivity contribution in [1.82, 2.24) is 0 Å². The van der Waals surface area contributed by atoms with E-state index in [0.717, 1.165) is 29.4 Å². The van der Waals surface area contributed by atoms with Gasteiger partial charge in [0.05, 0.1) is 60.7 Å². The Morgan fingerprint density at radius 1 is 0.491 bits per heavy atom. The fourth-order valence-electron chi connectivity index (χ4n) is 10.6. The lowest BCUT2D eigenvalue weighted by Gasteiger charge is -2.27. The number of carboxylic acid groups (broad SMARTS) is 3. The van der Waals surface area contributed by atoms with Crippen molar-refractivity contribution in [2.75, 3.05) is 45.7 Å². The van der Waals surface area contributed by atoms with E-state index in [1.54, 1.807) is 140 Å². The number of hydrogen-bond donors (Lipinski definition) is 8. The quantitative estimate of drug-likeness (QED) is 0.0103. The third kappa shape index (κ3) is 28.5. The van der Waals surface area contributed by atoms with Gasteiger partial charge in [-0.15, -0.1) is 12.4 Å². The number of hydrogen-bond acceptors (Lipinski definition) is 19. The lowest BCUT2D eigenvalue weighted by molar-refractivity contribution is -0.138. The minimum Gasteiger partial charge on any atom is -0.481 e. The second kappa shape index (κ2) is 46.9. The van der Waals surface area contributed by atoms with Crippen LogP contribution in [0, 0.1) is 5.92 Å². The Morgan fingerprint density at radius 2 is 0.851 bits per heavy atom. The first-order valence-corrected chi connectivity index (χ1v) is 38.3. The monoisotopic (exact) mass is 1710 g/mol. The molecule has 0 spiro atoms. The van der Waals surface area contributed by atoms with Crippen LogP contribution in [0.1, 0.15) is 120 Å². The fourth-order valence-corrected chi connectivity index (χ4v) is 12.9. The first-order valence-electron chi connectivity index (χ1n) is 34.6. The molecule has 0 saturated carbocycles. The third-order valence-corrected chi connectivity index (χ3v) is 19.6. The zero-order valence-electron chi connectivity index (χ0n) is 61.5. The molecule has 10 aromatic carbocycles. The van der Waals surface area contributed by atoms with Gasteiger partial charge in [0, 0.05) is 82.2 Å². The molecule has 0 radical (unpaired) electrons. The number of carboxylic acids is 3. The highest BCUT2D eigenvalue weighted by Gasteiger charge is 2.46. The largest absolute Gasteiger partial charge is 0.481 e. The minimum absolute atomic E-state index is 0. The molecule has 0 unspecified atom stereocenters. The lowest BCUT2D eigenvalue weighted by Crippen LogP contribution is -2.41. The molecule has 3 amide bonds. The van der Waals surface area contributed by atoms with E-state index in [1.807, 2.05) is 86.6 Å². The highest BCUT2D eigenvalue weighted by molar-refractivity contribution is 9.10. The summed E-state index contributed by atoms with van der Waals surface area (Å²) in [6.45, 7) is 7.02. The van der Waals surface area contributed by atoms with E-state index in [4.69, 9.17) is 72.2 Å². The number of nitrogen functional groups attached to an aromatic ring is 3. The molecule has 1 fully saturated rings. The number of nitrogens with two attached hydrogens (primary N) is 4. The number of carbonyl (C=O) groups is 9. The topological polar surface area (TPSA) is 355 Å². The van der Waals surface area contributed by atoms with Gasteiger partial charge in [-0.1, -0.05) is 187 Å². The Hall–Kier alpha value is -11.7. The molecule has 1 heterocycles. The summed E-state index contributed by atoms with van der Waals surface area (Å²) in [4.78, 5) is 106. The number of nitrogens with one attached hydrogen (secondary N) is 1. The Kier molecular flexibility index (Phi) is 38.2. The van der Waals surface area contributed by atoms with Crippen molar-refractivity contribution in [3.63, 3.8) is 0 Å². The van der Waals surface area contributed by atoms with Crippen molar-refractivity contribution < 1.29 is 81.1 Å². The second-order valence-electron chi connectivity index (χ2n) is 23.9. The van der Waals surface area contributed by atoms with Gasteiger partial charge in [-0.05, 0) is 158 Å². The van der Waals surface area contributed by atoms with Crippen LogP contribution in [0.2, 0.25) is 0 Å². The number of anilines is 7. The van der Waals surface area contributed by atoms with E-state index >= 15 is 0 Å². The van der Waals surface area contributed by atoms with Crippen LogP contribution in [-0.4, -0.2) is 90.3 Å². The first-order chi connectivity index (χ1) is 54.0. The van der Waals surface area contributed by atoms with Gasteiger partial charge in [0.1, 0.15) is 5.92 Å². The Balaban J connectivity index is 0.000000246. The summed E-state index contributed by atoms with van der Waals surface area (Å²) in [6, 6.07) is 68.6. The number of amides is 3. The van der Waals surface area contributed by atoms with Gasteiger partial charge in [-0.25, -0.2) is 14.8 Å². The SMILES string of the molecule is CCCCC1C(=O)N(c2ccccc2)N(c2ccccc2)C1=O.CCOC(=S)SSC(=S)OCC.Cl.NC(=O)Cc1cccc(C(=O)c2ccccc2)c1N.Nc1c(CC(=O)O)cccc1C(=O)c1ccc(Br)cc1.Nc1c(CC(=O)O)cccc1C(=O)c1ccccc1.O=C(O)c1ccccc1Nc1cccc(C(F)(F)F)c1. The Labute approximate surface area is 689 Å². The van der Waals surface area contributed by atoms with E-state index in [2.05, 4.69) is 28.2 Å². The summed E-state index contributed by atoms with van der Waals surface area (Å²) in [5.41, 5.74) is 28.8. The molecule has 0 aliphatic carbocycles. The standard InChI is InChI=1S/C19H20N2O2.C15H12BrNO3.C15H14N2O2.C15H13NO3.C14H10F3NO2.C6H10O2S4.ClH/c1-2-3-14-17-18(22)20(15-10-6-4-7-11-15)21(19(17)23)16-12-8-5-9-13-16;16-11-6-4-9(5-7-11)15(20)12-3-1-2-10(14(12)17)8-13(18)19;16-13(18)9-11-7-4-8-12(14(11)17)15(19)10-5-2-1-3-6-10;16-14-11(9-13(17)18)7-4-8-12(14)15(19)10-5-2-1-3-6-10;15-14(16,17)9-4-3-5-10(8-9)18-12-7-2-1-6-11(12)13(19)20;1-3-7-5(9)11-12-6(10)8-4-2;/h4-13,17H,2-3,14H2,1H3;1-7H,8,17H2,(H,18,19);1-8H,9,17H2,(H2,16,18);1-8H,9,16H2,(H,17,18);1-8,18H,(H,19,20);3-4H2,1-2H3;1H. The highest BCUT2D eigenvalue weighted by atomic mass is 79.9. The molecule has 1 aliphatic heterocycles. The molecular formula is C84H80BrClF3N7O14S4. The number of ketones is 3. The van der Waals surface area contributed by atoms with E-state index in [9.17, 15) is 56.3 Å². The van der Waals surface area contributed by atoms with Crippen LogP contribution in [0.25, 0.3) is 0 Å². The lowest BCUT2D eigenvalue weighted by atomic mass is 9.98. The molecular weight excluding hydrogens is 1630 g/mol. The average Bonchev–Trinajstić information content (AvgIpc) is 1.59. The van der Waals surface area contributed by atoms with Gasteiger partial charge in [0.2, 0.25) is 14.7 Å². The van der Waals surface area contributed by atoms with Crippen molar-refractivity contribution in [2.24, 2.45) is 11.7 Å². The average molecular weight is 1710 g/mol. The number of primary amides is 1. The van der Waals surface area contributed by atoms with Crippen molar-refractivity contribution in [2.45, 2.75) is 65.5 Å². The number of ether oxygens (including phenoxy) is 2. The van der Waals surface area contributed by atoms with Gasteiger partial charge in [-0.2, -0.15) is 13.2 Å². The number of rotatable bonds is 22. The van der Waals surface area contributed by atoms with Crippen LogP contribution in [0.4, 0.5) is 53.0 Å². The van der Waals surface area contributed by atoms with Gasteiger partial charge >= 0.3 is 24.1 Å². The van der Waals surface area contributed by atoms with Crippen molar-refractivity contribution in [3.8, 4) is 0 Å². The molecule has 0 aromatic heterocycles. The zero-order valence-corrected chi connectivity index (χ0v) is 67.2. The Bertz CT molecular complexity index is 4780. The zero-order chi connectivity index (χ0) is 82.7. The summed E-state index contributed by atoms with van der Waals surface area (Å²) in [5.74, 6) is -5.04.